The second-order valence-electron chi connectivity index (χ2n) is 5.63. The van der Waals surface area contributed by atoms with Gasteiger partial charge in [-0.05, 0) is 24.6 Å². The standard InChI is InChI=1S/C17H18FN5O4/c1-16(25,14-4-2-3-12(7-14)8-19)17(20,26-6-5-18)27-23-15(24)13-9-21-11-22-10-13/h2-4,7,9-11,25H,5-6,20H2,1H3,(H,23,24). The summed E-state index contributed by atoms with van der Waals surface area (Å²) in [4.78, 5) is 24.6. The molecule has 1 aromatic carbocycles. The quantitative estimate of drug-likeness (QED) is 0.447. The fourth-order valence-electron chi connectivity index (χ4n) is 2.15. The summed E-state index contributed by atoms with van der Waals surface area (Å²) in [5, 5.41) is 20.0. The van der Waals surface area contributed by atoms with E-state index in [0.717, 1.165) is 0 Å². The molecule has 0 aliphatic rings. The number of aliphatic hydroxyl groups is 1. The number of nitrogens with two attached hydrogens (primary N) is 1. The number of hydrogen-bond acceptors (Lipinski definition) is 8. The Morgan fingerprint density at radius 2 is 2.15 bits per heavy atom. The van der Waals surface area contributed by atoms with E-state index in [1.54, 1.807) is 0 Å². The van der Waals surface area contributed by atoms with E-state index in [0.29, 0.717) is 0 Å². The fraction of sp³-hybridized carbons (Fsp3) is 0.294. The van der Waals surface area contributed by atoms with Crippen molar-refractivity contribution in [3.05, 3.63) is 59.7 Å². The van der Waals surface area contributed by atoms with Gasteiger partial charge in [0.05, 0.1) is 23.8 Å². The molecule has 0 fully saturated rings. The van der Waals surface area contributed by atoms with Crippen molar-refractivity contribution in [1.82, 2.24) is 15.4 Å². The number of carbonyl (C=O) groups excluding carboxylic acids is 1. The molecule has 0 aliphatic carbocycles. The van der Waals surface area contributed by atoms with Gasteiger partial charge in [0, 0.05) is 12.4 Å². The van der Waals surface area contributed by atoms with Crippen LogP contribution in [0, 0.1) is 11.3 Å². The molecule has 0 bridgehead atoms. The lowest BCUT2D eigenvalue weighted by molar-refractivity contribution is -0.336. The zero-order valence-corrected chi connectivity index (χ0v) is 14.4. The number of hydroxylamine groups is 1. The van der Waals surface area contributed by atoms with Gasteiger partial charge in [0.1, 0.15) is 13.0 Å². The van der Waals surface area contributed by atoms with Crippen LogP contribution in [0.3, 0.4) is 0 Å². The summed E-state index contributed by atoms with van der Waals surface area (Å²) >= 11 is 0. The Balaban J connectivity index is 2.28. The Morgan fingerprint density at radius 3 is 2.78 bits per heavy atom. The van der Waals surface area contributed by atoms with Gasteiger partial charge < -0.3 is 9.84 Å². The number of alkyl halides is 1. The van der Waals surface area contributed by atoms with Crippen LogP contribution in [-0.2, 0) is 15.2 Å². The van der Waals surface area contributed by atoms with Crippen LogP contribution in [0.4, 0.5) is 4.39 Å². The normalized spacial score (nSPS) is 15.2. The molecule has 2 atom stereocenters. The molecule has 10 heteroatoms. The maximum absolute atomic E-state index is 12.6. The first-order valence-electron chi connectivity index (χ1n) is 7.79. The lowest BCUT2D eigenvalue weighted by atomic mass is 9.91. The molecule has 142 valence electrons. The van der Waals surface area contributed by atoms with Crippen molar-refractivity contribution in [3.63, 3.8) is 0 Å². The van der Waals surface area contributed by atoms with Gasteiger partial charge in [-0.2, -0.15) is 5.26 Å². The third-order valence-corrected chi connectivity index (χ3v) is 3.74. The van der Waals surface area contributed by atoms with E-state index in [2.05, 4.69) is 9.97 Å². The number of carbonyl (C=O) groups is 1. The van der Waals surface area contributed by atoms with Crippen molar-refractivity contribution in [2.75, 3.05) is 13.3 Å². The second kappa shape index (κ2) is 8.61. The summed E-state index contributed by atoms with van der Waals surface area (Å²) in [6.45, 7) is -0.161. The number of hydrogen-bond donors (Lipinski definition) is 3. The summed E-state index contributed by atoms with van der Waals surface area (Å²) < 4.78 is 17.8. The molecule has 2 unspecified atom stereocenters. The van der Waals surface area contributed by atoms with E-state index in [1.807, 2.05) is 11.5 Å². The molecule has 0 saturated carbocycles. The van der Waals surface area contributed by atoms with Crippen LogP contribution in [-0.4, -0.2) is 40.2 Å². The smallest absolute Gasteiger partial charge is 0.282 e. The van der Waals surface area contributed by atoms with Crippen LogP contribution in [0.2, 0.25) is 0 Å². The molecule has 9 nitrogen and oxygen atoms in total. The molecule has 0 spiro atoms. The average Bonchev–Trinajstić information content (AvgIpc) is 2.71. The second-order valence-corrected chi connectivity index (χ2v) is 5.63. The van der Waals surface area contributed by atoms with Gasteiger partial charge in [-0.15, -0.1) is 0 Å². The van der Waals surface area contributed by atoms with Gasteiger partial charge >= 0.3 is 0 Å². The third-order valence-electron chi connectivity index (χ3n) is 3.74. The van der Waals surface area contributed by atoms with Crippen LogP contribution in [0.1, 0.15) is 28.4 Å². The van der Waals surface area contributed by atoms with E-state index in [9.17, 15) is 14.3 Å². The number of halogens is 1. The highest BCUT2D eigenvalue weighted by atomic mass is 19.1. The van der Waals surface area contributed by atoms with Crippen molar-refractivity contribution >= 4 is 5.91 Å². The Labute approximate surface area is 154 Å². The minimum absolute atomic E-state index is 0.0662. The third kappa shape index (κ3) is 4.60. The van der Waals surface area contributed by atoms with E-state index in [-0.39, 0.29) is 16.7 Å². The molecule has 27 heavy (non-hydrogen) atoms. The molecular weight excluding hydrogens is 357 g/mol. The molecule has 2 rings (SSSR count). The maximum Gasteiger partial charge on any atom is 0.282 e. The number of benzene rings is 1. The van der Waals surface area contributed by atoms with Crippen molar-refractivity contribution in [2.24, 2.45) is 5.73 Å². The molecule has 4 N–H and O–H groups in total. The summed E-state index contributed by atoms with van der Waals surface area (Å²) in [6.07, 6.45) is 3.71. The molecule has 0 saturated heterocycles. The number of nitrogens with zero attached hydrogens (tertiary/aromatic N) is 3. The molecule has 1 heterocycles. The van der Waals surface area contributed by atoms with Gasteiger partial charge in [0.25, 0.3) is 11.8 Å². The minimum Gasteiger partial charge on any atom is -0.378 e. The van der Waals surface area contributed by atoms with Crippen molar-refractivity contribution < 1.29 is 23.9 Å². The van der Waals surface area contributed by atoms with Crippen molar-refractivity contribution in [1.29, 1.82) is 5.26 Å². The first-order chi connectivity index (χ1) is 12.8. The van der Waals surface area contributed by atoms with E-state index < -0.39 is 30.7 Å². The topological polar surface area (TPSA) is 143 Å². The predicted octanol–water partition coefficient (Wildman–Crippen LogP) is 0.516. The van der Waals surface area contributed by atoms with Crippen LogP contribution in [0.15, 0.2) is 43.0 Å². The number of nitriles is 1. The van der Waals surface area contributed by atoms with Gasteiger partial charge in [-0.3, -0.25) is 10.5 Å². The highest BCUT2D eigenvalue weighted by Crippen LogP contribution is 2.33. The Morgan fingerprint density at radius 1 is 1.44 bits per heavy atom. The minimum atomic E-state index is -2.36. The number of aromatic nitrogens is 2. The number of nitrogens with one attached hydrogen (secondary N) is 1. The number of rotatable bonds is 8. The fourth-order valence-corrected chi connectivity index (χ4v) is 2.15. The number of ether oxygens (including phenoxy) is 1. The molecule has 0 radical (unpaired) electrons. The maximum atomic E-state index is 12.6. The lowest BCUT2D eigenvalue weighted by Gasteiger charge is -2.40. The number of amides is 1. The van der Waals surface area contributed by atoms with Crippen LogP contribution >= 0.6 is 0 Å². The zero-order chi connectivity index (χ0) is 19.9. The molecule has 1 aromatic heterocycles. The van der Waals surface area contributed by atoms with E-state index in [1.165, 1.54) is 49.9 Å². The van der Waals surface area contributed by atoms with E-state index in [4.69, 9.17) is 20.6 Å². The van der Waals surface area contributed by atoms with Crippen LogP contribution < -0.4 is 11.2 Å². The Hall–Kier alpha value is -2.97. The van der Waals surface area contributed by atoms with Crippen LogP contribution in [0.5, 0.6) is 0 Å². The van der Waals surface area contributed by atoms with Crippen molar-refractivity contribution in [3.8, 4) is 6.07 Å². The van der Waals surface area contributed by atoms with Gasteiger partial charge in [0.15, 0.2) is 5.60 Å². The molecular formula is C17H18FN5O4. The summed E-state index contributed by atoms with van der Waals surface area (Å²) in [5.41, 5.74) is 6.49. The highest BCUT2D eigenvalue weighted by Gasteiger charge is 2.49. The monoisotopic (exact) mass is 375 g/mol. The summed E-state index contributed by atoms with van der Waals surface area (Å²) in [7, 11) is 0. The van der Waals surface area contributed by atoms with Crippen LogP contribution in [0.25, 0.3) is 0 Å². The van der Waals surface area contributed by atoms with Gasteiger partial charge in [0.2, 0.25) is 0 Å². The van der Waals surface area contributed by atoms with Gasteiger partial charge in [-0.1, -0.05) is 12.1 Å². The molecule has 0 aliphatic heterocycles. The van der Waals surface area contributed by atoms with Gasteiger partial charge in [-0.25, -0.2) is 24.7 Å². The first kappa shape index (κ1) is 20.3. The Bertz CT molecular complexity index is 828. The lowest BCUT2D eigenvalue weighted by Crippen LogP contribution is -2.63. The van der Waals surface area contributed by atoms with E-state index >= 15 is 0 Å². The zero-order valence-electron chi connectivity index (χ0n) is 14.4. The predicted molar refractivity (Wildman–Crippen MR) is 90.2 cm³/mol. The summed E-state index contributed by atoms with van der Waals surface area (Å²) in [5.74, 6) is -3.12. The first-order valence-corrected chi connectivity index (χ1v) is 7.79. The molecule has 2 aromatic rings. The van der Waals surface area contributed by atoms with Crippen molar-refractivity contribution in [2.45, 2.75) is 18.4 Å². The Kier molecular flexibility index (Phi) is 6.49. The highest BCUT2D eigenvalue weighted by molar-refractivity contribution is 5.92. The molecule has 1 amide bonds. The average molecular weight is 375 g/mol. The largest absolute Gasteiger partial charge is 0.378 e. The summed E-state index contributed by atoms with van der Waals surface area (Å²) in [6, 6.07) is 7.84. The SMILES string of the molecule is CC(O)(c1cccc(C#N)c1)C(N)(OCCF)ONC(=O)c1cncnc1.